The minimum atomic E-state index is -3.68. The van der Waals surface area contributed by atoms with Gasteiger partial charge >= 0.3 is 0 Å². The van der Waals surface area contributed by atoms with E-state index in [2.05, 4.69) is 10.3 Å². The Bertz CT molecular complexity index is 2110. The van der Waals surface area contributed by atoms with E-state index in [9.17, 15) is 17.6 Å². The number of nitrogens with one attached hydrogen (secondary N) is 1. The van der Waals surface area contributed by atoms with Gasteiger partial charge in [-0.1, -0.05) is 24.3 Å². The van der Waals surface area contributed by atoms with E-state index >= 15 is 0 Å². The molecule has 8 nitrogen and oxygen atoms in total. The fourth-order valence-corrected chi connectivity index (χ4v) is 5.50. The first-order chi connectivity index (χ1) is 20.0. The third-order valence-corrected chi connectivity index (χ3v) is 8.43. The molecule has 0 saturated carbocycles. The van der Waals surface area contributed by atoms with Crippen LogP contribution in [0.2, 0.25) is 0 Å². The Kier molecular flexibility index (Phi) is 6.58. The summed E-state index contributed by atoms with van der Waals surface area (Å²) in [4.78, 5) is 17.8. The number of furan rings is 1. The van der Waals surface area contributed by atoms with Gasteiger partial charge < -0.3 is 14.2 Å². The van der Waals surface area contributed by atoms with Crippen LogP contribution < -0.4 is 9.62 Å². The molecule has 0 bridgehead atoms. The molecule has 42 heavy (non-hydrogen) atoms. The highest BCUT2D eigenvalue weighted by atomic mass is 32.2. The van der Waals surface area contributed by atoms with Crippen molar-refractivity contribution in [2.75, 3.05) is 24.7 Å². The predicted molar refractivity (Wildman–Crippen MR) is 161 cm³/mol. The molecule has 2 heterocycles. The van der Waals surface area contributed by atoms with Crippen molar-refractivity contribution in [2.24, 2.45) is 0 Å². The van der Waals surface area contributed by atoms with Gasteiger partial charge in [0.1, 0.15) is 22.7 Å². The van der Waals surface area contributed by atoms with Gasteiger partial charge in [-0.25, -0.2) is 17.8 Å². The number of para-hydroxylation sites is 1. The van der Waals surface area contributed by atoms with Crippen molar-refractivity contribution in [3.63, 3.8) is 0 Å². The third kappa shape index (κ3) is 4.69. The van der Waals surface area contributed by atoms with E-state index in [1.807, 2.05) is 49.4 Å². The first kappa shape index (κ1) is 27.2. The highest BCUT2D eigenvalue weighted by Crippen LogP contribution is 2.42. The lowest BCUT2D eigenvalue weighted by atomic mass is 9.97. The highest BCUT2D eigenvalue weighted by molar-refractivity contribution is 7.92. The minimum absolute atomic E-state index is 0.241. The number of halogens is 1. The molecule has 4 aromatic carbocycles. The summed E-state index contributed by atoms with van der Waals surface area (Å²) < 4.78 is 52.5. The van der Waals surface area contributed by atoms with E-state index in [0.29, 0.717) is 50.4 Å². The Morgan fingerprint density at radius 2 is 1.64 bits per heavy atom. The van der Waals surface area contributed by atoms with E-state index in [1.54, 1.807) is 12.1 Å². The van der Waals surface area contributed by atoms with Crippen molar-refractivity contribution in [2.45, 2.75) is 6.92 Å². The largest absolute Gasteiger partial charge is 0.455 e. The van der Waals surface area contributed by atoms with E-state index in [1.165, 1.54) is 38.4 Å². The second-order valence-corrected chi connectivity index (χ2v) is 12.0. The molecule has 0 saturated heterocycles. The summed E-state index contributed by atoms with van der Waals surface area (Å²) in [5.74, 6) is -0.165. The number of amides is 1. The first-order valence-corrected chi connectivity index (χ1v) is 14.9. The Balaban J connectivity index is 1.60. The van der Waals surface area contributed by atoms with Gasteiger partial charge in [-0.05, 0) is 66.6 Å². The number of carbonyl (C=O) groups excluding carboxylic acids is 1. The summed E-state index contributed by atoms with van der Waals surface area (Å²) in [6.07, 6.45) is 1.11. The fourth-order valence-electron chi connectivity index (χ4n) is 4.99. The summed E-state index contributed by atoms with van der Waals surface area (Å²) in [5.41, 5.74) is 5.69. The van der Waals surface area contributed by atoms with Crippen LogP contribution in [0.15, 0.2) is 87.7 Å². The standard InChI is InChI=1S/C32H26FN3O5S/c1-18-7-5-10-25-29(18)41-32(35-25)21-9-6-8-20(15-21)23-16-24-27(17-26(23)36(3)42(4,38)39)40-30(28(24)31(37)34-2)19-11-13-22(33)14-12-19/h5-17H,1-4H3,(H,34,37). The van der Waals surface area contributed by atoms with Crippen LogP contribution in [0, 0.1) is 12.7 Å². The maximum atomic E-state index is 13.7. The average Bonchev–Trinajstić information content (AvgIpc) is 3.58. The van der Waals surface area contributed by atoms with Gasteiger partial charge in [-0.2, -0.15) is 0 Å². The summed E-state index contributed by atoms with van der Waals surface area (Å²) in [6, 6.07) is 22.1. The van der Waals surface area contributed by atoms with Crippen LogP contribution in [0.5, 0.6) is 0 Å². The average molecular weight is 584 g/mol. The van der Waals surface area contributed by atoms with Gasteiger partial charge in [-0.15, -0.1) is 0 Å². The van der Waals surface area contributed by atoms with E-state index in [0.717, 1.165) is 21.6 Å². The third-order valence-electron chi connectivity index (χ3n) is 7.24. The zero-order valence-corrected chi connectivity index (χ0v) is 24.0. The molecule has 0 atom stereocenters. The van der Waals surface area contributed by atoms with E-state index in [4.69, 9.17) is 8.83 Å². The molecule has 6 aromatic rings. The lowest BCUT2D eigenvalue weighted by Gasteiger charge is -2.21. The molecule has 0 aliphatic heterocycles. The van der Waals surface area contributed by atoms with Gasteiger partial charge in [0.05, 0.1) is 17.5 Å². The van der Waals surface area contributed by atoms with Crippen LogP contribution in [0.3, 0.4) is 0 Å². The van der Waals surface area contributed by atoms with Gasteiger partial charge in [0.15, 0.2) is 5.58 Å². The smallest absolute Gasteiger partial charge is 0.255 e. The Morgan fingerprint density at radius 1 is 0.929 bits per heavy atom. The molecule has 1 amide bonds. The van der Waals surface area contributed by atoms with E-state index in [-0.39, 0.29) is 11.3 Å². The number of anilines is 1. The first-order valence-electron chi connectivity index (χ1n) is 13.0. The molecule has 0 aliphatic rings. The summed E-state index contributed by atoms with van der Waals surface area (Å²) in [7, 11) is -0.718. The Labute approximate surface area is 241 Å². The molecule has 1 N–H and O–H groups in total. The van der Waals surface area contributed by atoms with Gasteiger partial charge in [0.25, 0.3) is 5.91 Å². The number of aromatic nitrogens is 1. The number of rotatable bonds is 6. The molecule has 212 valence electrons. The number of oxazole rings is 1. The normalized spacial score (nSPS) is 11.7. The van der Waals surface area contributed by atoms with Crippen molar-refractivity contribution in [1.29, 1.82) is 0 Å². The molecule has 0 radical (unpaired) electrons. The van der Waals surface area contributed by atoms with Crippen molar-refractivity contribution in [3.05, 3.63) is 95.8 Å². The van der Waals surface area contributed by atoms with Crippen LogP contribution in [-0.4, -0.2) is 39.7 Å². The second kappa shape index (κ2) is 10.1. The van der Waals surface area contributed by atoms with Crippen LogP contribution >= 0.6 is 0 Å². The minimum Gasteiger partial charge on any atom is -0.455 e. The summed E-state index contributed by atoms with van der Waals surface area (Å²) in [5, 5.41) is 3.12. The predicted octanol–water partition coefficient (Wildman–Crippen LogP) is 6.78. The quantitative estimate of drug-likeness (QED) is 0.232. The fraction of sp³-hybridized carbons (Fsp3) is 0.125. The van der Waals surface area contributed by atoms with Crippen LogP contribution in [0.25, 0.3) is 56.0 Å². The number of hydrogen-bond donors (Lipinski definition) is 1. The van der Waals surface area contributed by atoms with Gasteiger partial charge in [0.2, 0.25) is 15.9 Å². The number of benzene rings is 4. The number of hydrogen-bond acceptors (Lipinski definition) is 6. The number of sulfonamides is 1. The number of carbonyl (C=O) groups is 1. The second-order valence-electron chi connectivity index (χ2n) is 10.0. The summed E-state index contributed by atoms with van der Waals surface area (Å²) >= 11 is 0. The Morgan fingerprint density at radius 3 is 2.33 bits per heavy atom. The number of fused-ring (bicyclic) bond motifs is 2. The molecule has 0 spiro atoms. The topological polar surface area (TPSA) is 106 Å². The van der Waals surface area contributed by atoms with Crippen molar-refractivity contribution in [3.8, 4) is 33.9 Å². The maximum absolute atomic E-state index is 13.7. The highest BCUT2D eigenvalue weighted by Gasteiger charge is 2.26. The zero-order chi connectivity index (χ0) is 29.8. The number of nitrogens with zero attached hydrogens (tertiary/aromatic N) is 2. The van der Waals surface area contributed by atoms with Crippen molar-refractivity contribution in [1.82, 2.24) is 10.3 Å². The van der Waals surface area contributed by atoms with Gasteiger partial charge in [-0.3, -0.25) is 9.10 Å². The maximum Gasteiger partial charge on any atom is 0.255 e. The van der Waals surface area contributed by atoms with Crippen molar-refractivity contribution >= 4 is 43.7 Å². The van der Waals surface area contributed by atoms with Gasteiger partial charge in [0, 0.05) is 42.2 Å². The summed E-state index contributed by atoms with van der Waals surface area (Å²) in [6.45, 7) is 1.95. The van der Waals surface area contributed by atoms with E-state index < -0.39 is 21.7 Å². The van der Waals surface area contributed by atoms with Crippen LogP contribution in [0.1, 0.15) is 15.9 Å². The Hall–Kier alpha value is -4.96. The number of aryl methyl sites for hydroxylation is 1. The molecule has 10 heteroatoms. The lowest BCUT2D eigenvalue weighted by Crippen LogP contribution is -2.25. The molecule has 0 aliphatic carbocycles. The lowest BCUT2D eigenvalue weighted by molar-refractivity contribution is 0.0964. The van der Waals surface area contributed by atoms with Crippen molar-refractivity contribution < 1.29 is 26.4 Å². The molecular weight excluding hydrogens is 557 g/mol. The van der Waals surface area contributed by atoms with Crippen LogP contribution in [0.4, 0.5) is 10.1 Å². The molecule has 6 rings (SSSR count). The molecule has 0 fully saturated rings. The molecule has 0 unspecified atom stereocenters. The SMILES string of the molecule is CNC(=O)c1c(-c2ccc(F)cc2)oc2cc(N(C)S(C)(=O)=O)c(-c3cccc(-c4nc5cccc(C)c5o4)c3)cc12. The monoisotopic (exact) mass is 583 g/mol. The molecule has 2 aromatic heterocycles. The zero-order valence-electron chi connectivity index (χ0n) is 23.2. The van der Waals surface area contributed by atoms with Crippen LogP contribution in [-0.2, 0) is 10.0 Å². The molecular formula is C32H26FN3O5S.